The molecule has 1 rings (SSSR count). The topological polar surface area (TPSA) is 27.7 Å². The molecule has 0 atom stereocenters. The Balaban J connectivity index is 2.75. The van der Waals surface area contributed by atoms with E-state index >= 15 is 0 Å². The first kappa shape index (κ1) is 15.1. The van der Waals surface area contributed by atoms with Gasteiger partial charge in [0.2, 0.25) is 0 Å². The van der Waals surface area contributed by atoms with Crippen LogP contribution in [0.3, 0.4) is 0 Å². The van der Waals surface area contributed by atoms with Crippen LogP contribution in [0.25, 0.3) is 0 Å². The molecule has 0 saturated carbocycles. The minimum Gasteiger partial charge on any atom is -0.436 e. The van der Waals surface area contributed by atoms with Gasteiger partial charge in [-0.1, -0.05) is 13.8 Å². The minimum absolute atomic E-state index is 0.00803. The summed E-state index contributed by atoms with van der Waals surface area (Å²) in [4.78, 5) is 0. The van der Waals surface area contributed by atoms with Gasteiger partial charge in [0, 0.05) is 5.31 Å². The molecule has 3 nitrogen and oxygen atoms in total. The van der Waals surface area contributed by atoms with E-state index in [0.717, 1.165) is 0 Å². The van der Waals surface area contributed by atoms with Gasteiger partial charge in [-0.3, -0.25) is 0 Å². The lowest BCUT2D eigenvalue weighted by Crippen LogP contribution is -2.66. The summed E-state index contributed by atoms with van der Waals surface area (Å²) in [7, 11) is 1.53. The van der Waals surface area contributed by atoms with Crippen molar-refractivity contribution in [3.05, 3.63) is 0 Å². The first-order valence-electron chi connectivity index (χ1n) is 6.28. The first-order chi connectivity index (χ1) is 7.37. The van der Waals surface area contributed by atoms with Gasteiger partial charge in [-0.2, -0.15) is 0 Å². The second-order valence-corrected chi connectivity index (χ2v) is 7.02. The molecule has 0 aromatic rings. The summed E-state index contributed by atoms with van der Waals surface area (Å²) in [5, 5.41) is 0.00803. The van der Waals surface area contributed by atoms with Gasteiger partial charge in [0.15, 0.2) is 0 Å². The largest absolute Gasteiger partial charge is 0.466 e. The van der Waals surface area contributed by atoms with E-state index < -0.39 is 5.60 Å². The summed E-state index contributed by atoms with van der Waals surface area (Å²) in [6.45, 7) is 16.7. The highest BCUT2D eigenvalue weighted by atomic mass is 16.6. The van der Waals surface area contributed by atoms with E-state index in [9.17, 15) is 0 Å². The molecule has 0 radical (unpaired) electrons. The highest BCUT2D eigenvalue weighted by Crippen LogP contribution is 2.55. The SMILES string of the molecule is BOC(C)(C)C(C)(C)OB1OC(C)(C)C1(C)C. The van der Waals surface area contributed by atoms with Crippen LogP contribution in [-0.2, 0) is 14.0 Å². The predicted molar refractivity (Wildman–Crippen MR) is 73.8 cm³/mol. The van der Waals surface area contributed by atoms with Crippen molar-refractivity contribution < 1.29 is 14.0 Å². The van der Waals surface area contributed by atoms with Gasteiger partial charge >= 0.3 is 7.12 Å². The van der Waals surface area contributed by atoms with Crippen molar-refractivity contribution in [1.29, 1.82) is 0 Å². The molecule has 1 aliphatic rings. The fourth-order valence-electron chi connectivity index (χ4n) is 1.62. The molecule has 98 valence electrons. The van der Waals surface area contributed by atoms with Gasteiger partial charge in [0.25, 0.3) is 8.05 Å². The number of hydrogen-bond donors (Lipinski definition) is 0. The highest BCUT2D eigenvalue weighted by Gasteiger charge is 2.63. The fourth-order valence-corrected chi connectivity index (χ4v) is 1.62. The lowest BCUT2D eigenvalue weighted by atomic mass is 9.45. The third-order valence-corrected chi connectivity index (χ3v) is 4.90. The van der Waals surface area contributed by atoms with Crippen LogP contribution in [0.2, 0.25) is 5.31 Å². The lowest BCUT2D eigenvalue weighted by molar-refractivity contribution is -0.131. The van der Waals surface area contributed by atoms with Crippen LogP contribution < -0.4 is 0 Å². The zero-order valence-electron chi connectivity index (χ0n) is 12.8. The van der Waals surface area contributed by atoms with Crippen molar-refractivity contribution in [2.45, 2.75) is 77.5 Å². The smallest absolute Gasteiger partial charge is 0.436 e. The summed E-state index contributed by atoms with van der Waals surface area (Å²) in [5.41, 5.74) is -0.892. The molecule has 5 heteroatoms. The van der Waals surface area contributed by atoms with Gasteiger partial charge in [-0.15, -0.1) is 0 Å². The molecule has 0 N–H and O–H groups in total. The Kier molecular flexibility index (Phi) is 3.55. The molecule has 0 amide bonds. The van der Waals surface area contributed by atoms with Crippen LogP contribution in [0.15, 0.2) is 0 Å². The maximum absolute atomic E-state index is 6.13. The summed E-state index contributed by atoms with van der Waals surface area (Å²) >= 11 is 0. The molecule has 0 aromatic heterocycles. The van der Waals surface area contributed by atoms with E-state index in [0.29, 0.717) is 0 Å². The van der Waals surface area contributed by atoms with Crippen molar-refractivity contribution in [1.82, 2.24) is 0 Å². The van der Waals surface area contributed by atoms with Crippen molar-refractivity contribution in [2.75, 3.05) is 0 Å². The first-order valence-corrected chi connectivity index (χ1v) is 6.28. The maximum Gasteiger partial charge on any atom is 0.466 e. The van der Waals surface area contributed by atoms with E-state index in [1.807, 2.05) is 27.7 Å². The van der Waals surface area contributed by atoms with Gasteiger partial charge in [0.1, 0.15) is 0 Å². The fraction of sp³-hybridized carbons (Fsp3) is 1.00. The van der Waals surface area contributed by atoms with Crippen LogP contribution in [0.5, 0.6) is 0 Å². The van der Waals surface area contributed by atoms with Crippen LogP contribution in [0, 0.1) is 0 Å². The Morgan fingerprint density at radius 2 is 1.47 bits per heavy atom. The van der Waals surface area contributed by atoms with E-state index in [-0.39, 0.29) is 23.6 Å². The molecule has 1 fully saturated rings. The summed E-state index contributed by atoms with van der Waals surface area (Å²) in [6, 6.07) is 0. The quantitative estimate of drug-likeness (QED) is 0.705. The van der Waals surface area contributed by atoms with Gasteiger partial charge < -0.3 is 14.0 Å². The molecule has 0 aromatic carbocycles. The molecule has 0 aliphatic carbocycles. The van der Waals surface area contributed by atoms with Crippen molar-refractivity contribution in [3.8, 4) is 0 Å². The summed E-state index contributed by atoms with van der Waals surface area (Å²) in [6.07, 6.45) is 0. The minimum atomic E-state index is -0.403. The van der Waals surface area contributed by atoms with Crippen molar-refractivity contribution in [3.63, 3.8) is 0 Å². The molecule has 17 heavy (non-hydrogen) atoms. The highest BCUT2D eigenvalue weighted by molar-refractivity contribution is 6.52. The molecule has 0 bridgehead atoms. The van der Waals surface area contributed by atoms with E-state index in [1.165, 1.54) is 0 Å². The molecular weight excluding hydrogens is 214 g/mol. The molecule has 0 spiro atoms. The normalized spacial score (nSPS) is 23.4. The molecule has 1 saturated heterocycles. The Hall–Kier alpha value is 0.00987. The predicted octanol–water partition coefficient (Wildman–Crippen LogP) is 2.20. The maximum atomic E-state index is 6.13. The average Bonchev–Trinajstić information content (AvgIpc) is 2.16. The Morgan fingerprint density at radius 1 is 1.00 bits per heavy atom. The van der Waals surface area contributed by atoms with Crippen molar-refractivity contribution >= 4 is 15.2 Å². The standard InChI is InChI=1S/C12H26B2O3/c1-9(2)10(3,4)16-14(9)17-12(7,8)11(5,6)15-13/h13H2,1-8H3. The number of rotatable bonds is 4. The second-order valence-electron chi connectivity index (χ2n) is 7.02. The van der Waals surface area contributed by atoms with Gasteiger partial charge in [-0.05, 0) is 41.5 Å². The molecule has 1 heterocycles. The molecule has 0 unspecified atom stereocenters. The number of hydrogen-bond acceptors (Lipinski definition) is 3. The van der Waals surface area contributed by atoms with E-state index in [4.69, 9.17) is 14.0 Å². The van der Waals surface area contributed by atoms with E-state index in [1.54, 1.807) is 8.05 Å². The van der Waals surface area contributed by atoms with Crippen LogP contribution in [0.1, 0.15) is 55.4 Å². The van der Waals surface area contributed by atoms with E-state index in [2.05, 4.69) is 27.7 Å². The molecular formula is C12H26B2O3. The van der Waals surface area contributed by atoms with Gasteiger partial charge in [-0.25, -0.2) is 0 Å². The lowest BCUT2D eigenvalue weighted by Gasteiger charge is -2.58. The average molecular weight is 240 g/mol. The van der Waals surface area contributed by atoms with Gasteiger partial charge in [0.05, 0.1) is 16.8 Å². The zero-order chi connectivity index (χ0) is 13.7. The Bertz CT molecular complexity index is 298. The van der Waals surface area contributed by atoms with Crippen LogP contribution in [-0.4, -0.2) is 32.0 Å². The molecule has 1 aliphatic heterocycles. The monoisotopic (exact) mass is 240 g/mol. The van der Waals surface area contributed by atoms with Crippen molar-refractivity contribution in [2.24, 2.45) is 0 Å². The third-order valence-electron chi connectivity index (χ3n) is 4.90. The Labute approximate surface area is 107 Å². The summed E-state index contributed by atoms with van der Waals surface area (Å²) < 4.78 is 17.5. The van der Waals surface area contributed by atoms with Crippen LogP contribution in [0.4, 0.5) is 0 Å². The Morgan fingerprint density at radius 3 is 1.76 bits per heavy atom. The third kappa shape index (κ3) is 2.29. The zero-order valence-corrected chi connectivity index (χ0v) is 12.8. The second kappa shape index (κ2) is 4.01. The van der Waals surface area contributed by atoms with Crippen LogP contribution >= 0.6 is 0 Å². The summed E-state index contributed by atoms with van der Waals surface area (Å²) in [5.74, 6) is 0.